The molecule has 0 bridgehead atoms. The molecule has 256 valence electrons. The van der Waals surface area contributed by atoms with Crippen LogP contribution in [0.4, 0.5) is 28.9 Å². The molecule has 48 heavy (non-hydrogen) atoms. The van der Waals surface area contributed by atoms with Gasteiger partial charge in [0, 0.05) is 36.7 Å². The van der Waals surface area contributed by atoms with Crippen molar-refractivity contribution in [2.24, 2.45) is 7.05 Å². The van der Waals surface area contributed by atoms with E-state index >= 15 is 4.39 Å². The van der Waals surface area contributed by atoms with Gasteiger partial charge in [0.25, 0.3) is 5.82 Å². The normalized spacial score (nSPS) is 15.2. The van der Waals surface area contributed by atoms with Crippen molar-refractivity contribution in [3.63, 3.8) is 0 Å². The molecule has 0 N–H and O–H groups in total. The average molecular weight is 764 g/mol. The minimum Gasteiger partial charge on any atom is -0.748 e. The number of aryl methyl sites for hydroxylation is 2. The molecule has 0 aliphatic carbocycles. The molecule has 3 aromatic rings. The quantitative estimate of drug-likeness (QED) is 0.0907. The second kappa shape index (κ2) is 15.8. The van der Waals surface area contributed by atoms with E-state index in [4.69, 9.17) is 23.2 Å². The molecule has 0 spiro atoms. The summed E-state index contributed by atoms with van der Waals surface area (Å²) in [5.41, 5.74) is 0.598. The maximum atomic E-state index is 15.9. The maximum Gasteiger partial charge on any atom is 1.00 e. The van der Waals surface area contributed by atoms with Crippen LogP contribution in [0.3, 0.4) is 0 Å². The largest absolute Gasteiger partial charge is 1.00 e. The van der Waals surface area contributed by atoms with Crippen LogP contribution in [-0.2, 0) is 40.0 Å². The number of nitrogens with zero attached hydrogens (tertiary/aromatic N) is 4. The molecular weight excluding hydrogens is 734 g/mol. The zero-order valence-corrected chi connectivity index (χ0v) is 31.1. The van der Waals surface area contributed by atoms with Gasteiger partial charge in [-0.25, -0.2) is 30.4 Å². The predicted octanol–water partition coefficient (Wildman–Crippen LogP) is 2.72. The van der Waals surface area contributed by atoms with E-state index in [-0.39, 0.29) is 83.4 Å². The Balaban J connectivity index is 0.00000625. The Morgan fingerprint density at radius 2 is 1.48 bits per heavy atom. The summed E-state index contributed by atoms with van der Waals surface area (Å²) in [6.45, 7) is 1.91. The Kier molecular flexibility index (Phi) is 13.3. The minimum atomic E-state index is -4.63. The van der Waals surface area contributed by atoms with E-state index in [9.17, 15) is 39.1 Å². The molecule has 0 radical (unpaired) electrons. The fourth-order valence-corrected chi connectivity index (χ4v) is 6.64. The number of hydrogen-bond acceptors (Lipinski definition) is 8. The number of imidazole rings is 1. The first kappa shape index (κ1) is 40.3. The molecule has 1 aliphatic rings. The van der Waals surface area contributed by atoms with Crippen LogP contribution in [0, 0.1) is 0 Å². The molecule has 0 unspecified atom stereocenters. The second-order valence-electron chi connectivity index (χ2n) is 10.5. The molecule has 2 aromatic carbocycles. The second-order valence-corrected chi connectivity index (χ2v) is 14.4. The van der Waals surface area contributed by atoms with Gasteiger partial charge in [-0.1, -0.05) is 35.4 Å². The summed E-state index contributed by atoms with van der Waals surface area (Å²) < 4.78 is 127. The number of allylic oxidation sites excluding steroid dienone is 4. The minimum absolute atomic E-state index is 0. The molecule has 0 saturated heterocycles. The Bertz CT molecular complexity index is 2000. The van der Waals surface area contributed by atoms with Crippen LogP contribution in [0.5, 0.6) is 0 Å². The summed E-state index contributed by atoms with van der Waals surface area (Å²) in [5, 5.41) is 0.395. The number of anilines is 2. The van der Waals surface area contributed by atoms with Crippen molar-refractivity contribution in [2.75, 3.05) is 34.4 Å². The van der Waals surface area contributed by atoms with Gasteiger partial charge in [-0.2, -0.15) is 13.2 Å². The smallest absolute Gasteiger partial charge is 0.748 e. The zero-order valence-electron chi connectivity index (χ0n) is 26.0. The molecule has 4 rings (SSSR count). The van der Waals surface area contributed by atoms with Crippen molar-refractivity contribution < 1.29 is 77.6 Å². The van der Waals surface area contributed by atoms with Crippen LogP contribution < -0.4 is 43.9 Å². The summed E-state index contributed by atoms with van der Waals surface area (Å²) in [7, 11) is -7.50. The summed E-state index contributed by atoms with van der Waals surface area (Å²) in [4.78, 5) is 3.10. The van der Waals surface area contributed by atoms with E-state index in [0.29, 0.717) is 22.7 Å². The summed E-state index contributed by atoms with van der Waals surface area (Å²) >= 11 is 12.4. The number of aromatic nitrogens is 2. The third kappa shape index (κ3) is 9.54. The van der Waals surface area contributed by atoms with Gasteiger partial charge in [-0.15, -0.1) is 0 Å². The van der Waals surface area contributed by atoms with Gasteiger partial charge in [-0.3, -0.25) is 0 Å². The monoisotopic (exact) mass is 762 g/mol. The molecular formula is C29H29Cl2F4N4NaO6S2. The predicted molar refractivity (Wildman–Crippen MR) is 170 cm³/mol. The molecule has 10 nitrogen and oxygen atoms in total. The van der Waals surface area contributed by atoms with Crippen LogP contribution in [0.1, 0.15) is 31.2 Å². The fraction of sp³-hybridized carbons (Fsp3) is 0.345. The van der Waals surface area contributed by atoms with Crippen molar-refractivity contribution >= 4 is 71.9 Å². The Morgan fingerprint density at radius 3 is 2.02 bits per heavy atom. The van der Waals surface area contributed by atoms with Crippen LogP contribution in [-0.4, -0.2) is 55.1 Å². The van der Waals surface area contributed by atoms with Gasteiger partial charge >= 0.3 is 35.7 Å². The van der Waals surface area contributed by atoms with Crippen LogP contribution in [0.2, 0.25) is 10.0 Å². The van der Waals surface area contributed by atoms with Crippen molar-refractivity contribution in [2.45, 2.75) is 32.5 Å². The number of fused-ring (bicyclic) bond motifs is 2. The van der Waals surface area contributed by atoms with Gasteiger partial charge < -0.3 is 18.9 Å². The number of benzene rings is 2. The Labute approximate surface area is 307 Å². The summed E-state index contributed by atoms with van der Waals surface area (Å²) in [6, 6.07) is 6.18. The maximum absolute atomic E-state index is 15.9. The van der Waals surface area contributed by atoms with Crippen LogP contribution >= 0.6 is 23.2 Å². The van der Waals surface area contributed by atoms with Crippen LogP contribution in [0.15, 0.2) is 60.2 Å². The van der Waals surface area contributed by atoms with E-state index in [1.54, 1.807) is 29.5 Å². The summed E-state index contributed by atoms with van der Waals surface area (Å²) in [5.74, 6) is -1.75. The number of hydrogen-bond donors (Lipinski definition) is 0. The van der Waals surface area contributed by atoms with Crippen LogP contribution in [0.25, 0.3) is 17.1 Å². The number of alkyl halides is 3. The molecule has 0 amide bonds. The van der Waals surface area contributed by atoms with Gasteiger partial charge in [0.05, 0.1) is 60.8 Å². The van der Waals surface area contributed by atoms with E-state index in [0.717, 1.165) is 18.2 Å². The number of rotatable bonds is 12. The van der Waals surface area contributed by atoms with Crippen molar-refractivity contribution in [3.8, 4) is 0 Å². The molecule has 2 heterocycles. The van der Waals surface area contributed by atoms with Crippen molar-refractivity contribution in [1.29, 1.82) is 0 Å². The molecule has 0 atom stereocenters. The molecule has 0 fully saturated rings. The standard InChI is InChI=1S/C29H30Cl2F4N4O6S2.Na/c1-3-37-25-17-20(30)21(31)18-26(25)39(13-7-15-47(43,44)45)28(37)22(32)8-4-5-9-27-36(2)23-11-10-19(29(33,34)35)16-24(23)38(27)12-6-14-46(40,41)42;/h4-5,8-11,16-18H,3,6-7,12-15H2,1-2H3,(H-,40,41,42,43,44,45);/q;+1/p-1. The molecule has 1 aliphatic heterocycles. The van der Waals surface area contributed by atoms with Gasteiger partial charge in [0.1, 0.15) is 5.82 Å². The average Bonchev–Trinajstić information content (AvgIpc) is 3.39. The third-order valence-electron chi connectivity index (χ3n) is 7.37. The Hall–Kier alpha value is -2.15. The third-order valence-corrected chi connectivity index (χ3v) is 9.67. The van der Waals surface area contributed by atoms with Gasteiger partial charge in [-0.05, 0) is 50.1 Å². The van der Waals surface area contributed by atoms with Gasteiger partial charge in [0.2, 0.25) is 0 Å². The number of halogens is 6. The van der Waals surface area contributed by atoms with E-state index in [2.05, 4.69) is 0 Å². The first-order valence-corrected chi connectivity index (χ1v) is 18.0. The fourth-order valence-electron chi connectivity index (χ4n) is 5.36. The van der Waals surface area contributed by atoms with E-state index < -0.39 is 49.3 Å². The first-order valence-electron chi connectivity index (χ1n) is 14.1. The first-order chi connectivity index (χ1) is 21.8. The molecule has 0 saturated carbocycles. The topological polar surface area (TPSA) is 130 Å². The molecule has 19 heteroatoms. The molecule has 1 aromatic heterocycles. The van der Waals surface area contributed by atoms with E-state index in [1.165, 1.54) is 39.8 Å². The Morgan fingerprint density at radius 1 is 0.917 bits per heavy atom. The zero-order chi connectivity index (χ0) is 34.9. The summed E-state index contributed by atoms with van der Waals surface area (Å²) in [6.07, 6.45) is 0.488. The SMILES string of the molecule is CCN1/C(=C(F)/C=C\C=C\c2n(CCCS(=O)(=O)[O-])c3cc(C(F)(F)F)ccc3[n+]2C)N(CCCS(=O)(=O)[O-])c2cc(Cl)c(Cl)cc21.[Na+]. The van der Waals surface area contributed by atoms with Crippen molar-refractivity contribution in [1.82, 2.24) is 4.57 Å². The van der Waals surface area contributed by atoms with Crippen molar-refractivity contribution in [3.05, 3.63) is 81.6 Å². The van der Waals surface area contributed by atoms with E-state index in [1.807, 2.05) is 0 Å². The van der Waals surface area contributed by atoms with Gasteiger partial charge in [0.15, 0.2) is 16.9 Å².